The Balaban J connectivity index is 1.64. The van der Waals surface area contributed by atoms with E-state index in [9.17, 15) is 4.79 Å². The van der Waals surface area contributed by atoms with Crippen LogP contribution in [0.1, 0.15) is 42.9 Å². The van der Waals surface area contributed by atoms with Crippen molar-refractivity contribution >= 4 is 11.7 Å². The summed E-state index contributed by atoms with van der Waals surface area (Å²) >= 11 is 0. The number of nitrogens with one attached hydrogen (secondary N) is 1. The Morgan fingerprint density at radius 2 is 1.86 bits per heavy atom. The van der Waals surface area contributed by atoms with Gasteiger partial charge in [-0.3, -0.25) is 4.79 Å². The summed E-state index contributed by atoms with van der Waals surface area (Å²) in [5, 5.41) is 7.55. The number of aromatic nitrogens is 2. The van der Waals surface area contributed by atoms with Gasteiger partial charge in [0, 0.05) is 17.9 Å². The van der Waals surface area contributed by atoms with Gasteiger partial charge < -0.3 is 10.1 Å². The molecule has 144 valence electrons. The fourth-order valence-electron chi connectivity index (χ4n) is 3.46. The molecule has 1 atom stereocenters. The van der Waals surface area contributed by atoms with Crippen LogP contribution in [0.5, 0.6) is 5.75 Å². The third kappa shape index (κ3) is 3.65. The lowest BCUT2D eigenvalue weighted by Crippen LogP contribution is -2.24. The van der Waals surface area contributed by atoms with Gasteiger partial charge in [-0.2, -0.15) is 5.10 Å². The maximum absolute atomic E-state index is 12.4. The van der Waals surface area contributed by atoms with E-state index in [4.69, 9.17) is 4.74 Å². The second-order valence-electron chi connectivity index (χ2n) is 7.77. The molecule has 0 spiro atoms. The van der Waals surface area contributed by atoms with Gasteiger partial charge in [-0.05, 0) is 42.7 Å². The Bertz CT molecular complexity index is 972. The highest BCUT2D eigenvalue weighted by Crippen LogP contribution is 2.38. The van der Waals surface area contributed by atoms with Crippen LogP contribution in [0.4, 0.5) is 5.82 Å². The summed E-state index contributed by atoms with van der Waals surface area (Å²) in [6, 6.07) is 16.2. The number of carbonyl (C=O) groups is 1. The molecule has 4 rings (SSSR count). The molecule has 0 fully saturated rings. The fraction of sp³-hybridized carbons (Fsp3) is 0.304. The second-order valence-corrected chi connectivity index (χ2v) is 7.77. The second kappa shape index (κ2) is 7.50. The van der Waals surface area contributed by atoms with E-state index in [1.165, 1.54) is 5.56 Å². The molecule has 2 aromatic carbocycles. The summed E-state index contributed by atoms with van der Waals surface area (Å²) in [6.07, 6.45) is 2.28. The lowest BCUT2D eigenvalue weighted by molar-refractivity contribution is -0.116. The molecule has 1 amide bonds. The normalized spacial score (nSPS) is 16.0. The first-order valence-corrected chi connectivity index (χ1v) is 9.69. The molecule has 1 aliphatic heterocycles. The number of aryl methyl sites for hydroxylation is 1. The van der Waals surface area contributed by atoms with Crippen molar-refractivity contribution in [3.8, 4) is 11.4 Å². The number of anilines is 1. The van der Waals surface area contributed by atoms with Gasteiger partial charge in [0.2, 0.25) is 5.91 Å². The Morgan fingerprint density at radius 3 is 2.54 bits per heavy atom. The molecule has 2 heterocycles. The Hall–Kier alpha value is -3.08. The first-order chi connectivity index (χ1) is 13.5. The van der Waals surface area contributed by atoms with Crippen LogP contribution in [-0.2, 0) is 4.79 Å². The van der Waals surface area contributed by atoms with Crippen molar-refractivity contribution in [2.24, 2.45) is 5.92 Å². The van der Waals surface area contributed by atoms with E-state index in [0.717, 1.165) is 28.4 Å². The molecule has 3 aromatic rings. The number of ether oxygens (including phenoxy) is 1. The molecule has 0 bridgehead atoms. The number of carbonyl (C=O) groups excluding carboxylic acids is 1. The van der Waals surface area contributed by atoms with Crippen molar-refractivity contribution in [2.45, 2.75) is 33.1 Å². The number of rotatable bonds is 5. The molecule has 0 aliphatic carbocycles. The molecule has 0 saturated heterocycles. The van der Waals surface area contributed by atoms with Crippen molar-refractivity contribution in [3.05, 3.63) is 71.4 Å². The predicted octanol–water partition coefficient (Wildman–Crippen LogP) is 4.69. The topological polar surface area (TPSA) is 56.2 Å². The highest BCUT2D eigenvalue weighted by molar-refractivity contribution is 5.94. The van der Waals surface area contributed by atoms with Crippen LogP contribution in [-0.4, -0.2) is 22.3 Å². The minimum absolute atomic E-state index is 0.00601. The highest BCUT2D eigenvalue weighted by atomic mass is 16.5. The number of benzene rings is 2. The van der Waals surface area contributed by atoms with Crippen molar-refractivity contribution in [3.63, 3.8) is 0 Å². The molecule has 5 nitrogen and oxygen atoms in total. The average molecular weight is 375 g/mol. The van der Waals surface area contributed by atoms with Crippen molar-refractivity contribution in [2.75, 3.05) is 11.9 Å². The highest BCUT2D eigenvalue weighted by Gasteiger charge is 2.30. The van der Waals surface area contributed by atoms with Gasteiger partial charge in [0.1, 0.15) is 11.6 Å². The maximum Gasteiger partial charge on any atom is 0.226 e. The van der Waals surface area contributed by atoms with Gasteiger partial charge in [-0.25, -0.2) is 4.68 Å². The maximum atomic E-state index is 12.4. The average Bonchev–Trinajstić information content (AvgIpc) is 3.10. The molecule has 5 heteroatoms. The van der Waals surface area contributed by atoms with E-state index in [-0.39, 0.29) is 11.8 Å². The van der Waals surface area contributed by atoms with E-state index in [0.29, 0.717) is 18.9 Å². The lowest BCUT2D eigenvalue weighted by atomic mass is 9.87. The van der Waals surface area contributed by atoms with Gasteiger partial charge in [0.05, 0.1) is 18.5 Å². The summed E-state index contributed by atoms with van der Waals surface area (Å²) in [7, 11) is 0. The zero-order chi connectivity index (χ0) is 19.7. The third-order valence-electron chi connectivity index (χ3n) is 4.96. The van der Waals surface area contributed by atoms with E-state index in [1.54, 1.807) is 4.68 Å². The standard InChI is InChI=1S/C23H25N3O2/c1-15(2)14-28-19-10-6-17(7-11-19)20-12-22(27)25-23-21(20)13-24-26(23)18-8-4-16(3)5-9-18/h4-11,13,15,20H,12,14H2,1-3H3,(H,25,27)/t20-/m1/s1. The third-order valence-corrected chi connectivity index (χ3v) is 4.96. The van der Waals surface area contributed by atoms with Crippen molar-refractivity contribution in [1.82, 2.24) is 9.78 Å². The zero-order valence-electron chi connectivity index (χ0n) is 16.5. The Kier molecular flexibility index (Phi) is 4.90. The number of fused-ring (bicyclic) bond motifs is 1. The van der Waals surface area contributed by atoms with Crippen LogP contribution in [0, 0.1) is 12.8 Å². The first-order valence-electron chi connectivity index (χ1n) is 9.69. The van der Waals surface area contributed by atoms with Gasteiger partial charge in [-0.15, -0.1) is 0 Å². The molecule has 28 heavy (non-hydrogen) atoms. The van der Waals surface area contributed by atoms with E-state index in [2.05, 4.69) is 31.2 Å². The molecule has 0 unspecified atom stereocenters. The first kappa shape index (κ1) is 18.3. The van der Waals surface area contributed by atoms with Crippen LogP contribution in [0.25, 0.3) is 5.69 Å². The Labute approximate surface area is 165 Å². The molecular weight excluding hydrogens is 350 g/mol. The van der Waals surface area contributed by atoms with Gasteiger partial charge >= 0.3 is 0 Å². The quantitative estimate of drug-likeness (QED) is 0.704. The SMILES string of the molecule is Cc1ccc(-n2ncc3c2NC(=O)C[C@@H]3c2ccc(OCC(C)C)cc2)cc1. The van der Waals surface area contributed by atoms with Crippen LogP contribution < -0.4 is 10.1 Å². The summed E-state index contributed by atoms with van der Waals surface area (Å²) in [5.41, 5.74) is 4.25. The molecular formula is C23H25N3O2. The molecule has 1 N–H and O–H groups in total. The zero-order valence-corrected chi connectivity index (χ0v) is 16.5. The van der Waals surface area contributed by atoms with E-state index in [1.807, 2.05) is 54.7 Å². The van der Waals surface area contributed by atoms with E-state index >= 15 is 0 Å². The number of hydrogen-bond acceptors (Lipinski definition) is 3. The van der Waals surface area contributed by atoms with Crippen LogP contribution in [0.3, 0.4) is 0 Å². The van der Waals surface area contributed by atoms with Crippen LogP contribution in [0.15, 0.2) is 54.7 Å². The van der Waals surface area contributed by atoms with Gasteiger partial charge in [-0.1, -0.05) is 43.7 Å². The molecule has 1 aliphatic rings. The van der Waals surface area contributed by atoms with E-state index < -0.39 is 0 Å². The summed E-state index contributed by atoms with van der Waals surface area (Å²) in [4.78, 5) is 12.4. The van der Waals surface area contributed by atoms with Crippen molar-refractivity contribution < 1.29 is 9.53 Å². The Morgan fingerprint density at radius 1 is 1.14 bits per heavy atom. The van der Waals surface area contributed by atoms with Gasteiger partial charge in [0.25, 0.3) is 0 Å². The number of hydrogen-bond donors (Lipinski definition) is 1. The summed E-state index contributed by atoms with van der Waals surface area (Å²) in [6.45, 7) is 7.00. The number of nitrogens with zero attached hydrogens (tertiary/aromatic N) is 2. The predicted molar refractivity (Wildman–Crippen MR) is 110 cm³/mol. The largest absolute Gasteiger partial charge is 0.493 e. The summed E-state index contributed by atoms with van der Waals surface area (Å²) < 4.78 is 7.58. The van der Waals surface area contributed by atoms with Crippen LogP contribution >= 0.6 is 0 Å². The fourth-order valence-corrected chi connectivity index (χ4v) is 3.46. The minimum Gasteiger partial charge on any atom is -0.493 e. The molecule has 1 aromatic heterocycles. The summed E-state index contributed by atoms with van der Waals surface area (Å²) in [5.74, 6) is 2.09. The molecule has 0 saturated carbocycles. The number of amides is 1. The monoisotopic (exact) mass is 375 g/mol. The lowest BCUT2D eigenvalue weighted by Gasteiger charge is -2.24. The molecule has 0 radical (unpaired) electrons. The smallest absolute Gasteiger partial charge is 0.226 e. The van der Waals surface area contributed by atoms with Crippen molar-refractivity contribution in [1.29, 1.82) is 0 Å². The minimum atomic E-state index is -0.0119. The van der Waals surface area contributed by atoms with Gasteiger partial charge in [0.15, 0.2) is 0 Å². The van der Waals surface area contributed by atoms with Crippen LogP contribution in [0.2, 0.25) is 0 Å².